The van der Waals surface area contributed by atoms with Crippen molar-refractivity contribution in [3.8, 4) is 0 Å². The number of rotatable bonds is 6. The third-order valence-electron chi connectivity index (χ3n) is 2.31. The van der Waals surface area contributed by atoms with Crippen LogP contribution in [-0.2, 0) is 11.3 Å². The van der Waals surface area contributed by atoms with Crippen molar-refractivity contribution in [2.75, 3.05) is 13.2 Å². The Kier molecular flexibility index (Phi) is 5.83. The molecular formula is C14H20O2. The van der Waals surface area contributed by atoms with Crippen LogP contribution in [0.3, 0.4) is 0 Å². The molecule has 0 aliphatic rings. The maximum Gasteiger partial charge on any atom is 0.0717 e. The minimum Gasteiger partial charge on any atom is -0.392 e. The van der Waals surface area contributed by atoms with Crippen molar-refractivity contribution < 1.29 is 9.84 Å². The summed E-state index contributed by atoms with van der Waals surface area (Å²) in [6.07, 6.45) is 2.05. The fraction of sp³-hybridized carbons (Fsp3) is 0.429. The van der Waals surface area contributed by atoms with E-state index >= 15 is 0 Å². The average Bonchev–Trinajstić information content (AvgIpc) is 2.30. The maximum absolute atomic E-state index is 8.88. The van der Waals surface area contributed by atoms with Crippen molar-refractivity contribution in [3.63, 3.8) is 0 Å². The lowest BCUT2D eigenvalue weighted by Gasteiger charge is -2.09. The van der Waals surface area contributed by atoms with Crippen molar-refractivity contribution in [1.29, 1.82) is 0 Å². The average molecular weight is 220 g/mol. The predicted molar refractivity (Wildman–Crippen MR) is 66.1 cm³/mol. The second-order valence-corrected chi connectivity index (χ2v) is 4.15. The second kappa shape index (κ2) is 7.20. The summed E-state index contributed by atoms with van der Waals surface area (Å²) < 4.78 is 5.60. The molecule has 0 aromatic heterocycles. The summed E-state index contributed by atoms with van der Waals surface area (Å²) in [5.74, 6) is 0.343. The van der Waals surface area contributed by atoms with Gasteiger partial charge in [0.05, 0.1) is 19.8 Å². The van der Waals surface area contributed by atoms with E-state index < -0.39 is 0 Å². The van der Waals surface area contributed by atoms with E-state index in [0.29, 0.717) is 19.1 Å². The van der Waals surface area contributed by atoms with Gasteiger partial charge in [-0.1, -0.05) is 48.9 Å². The molecule has 0 unspecified atom stereocenters. The Morgan fingerprint density at radius 1 is 1.38 bits per heavy atom. The number of aliphatic hydroxyl groups is 1. The second-order valence-electron chi connectivity index (χ2n) is 4.15. The van der Waals surface area contributed by atoms with Crippen LogP contribution in [0.1, 0.15) is 19.4 Å². The third-order valence-corrected chi connectivity index (χ3v) is 2.31. The summed E-state index contributed by atoms with van der Waals surface area (Å²) in [5, 5.41) is 8.88. The molecule has 16 heavy (non-hydrogen) atoms. The molecule has 0 bridgehead atoms. The smallest absolute Gasteiger partial charge is 0.0717 e. The van der Waals surface area contributed by atoms with Crippen molar-refractivity contribution in [2.45, 2.75) is 20.5 Å². The third kappa shape index (κ3) is 5.10. The van der Waals surface area contributed by atoms with Gasteiger partial charge in [0.25, 0.3) is 0 Å². The molecule has 2 nitrogen and oxygen atoms in total. The molecule has 1 rings (SSSR count). The lowest BCUT2D eigenvalue weighted by molar-refractivity contribution is 0.103. The van der Waals surface area contributed by atoms with Crippen LogP contribution in [0.4, 0.5) is 0 Å². The van der Waals surface area contributed by atoms with Crippen LogP contribution in [0.25, 0.3) is 0 Å². The molecule has 0 saturated carbocycles. The molecule has 0 heterocycles. The Bertz CT molecular complexity index is 317. The Balaban J connectivity index is 2.26. The van der Waals surface area contributed by atoms with Crippen LogP contribution >= 0.6 is 0 Å². The Morgan fingerprint density at radius 3 is 2.69 bits per heavy atom. The highest BCUT2D eigenvalue weighted by Gasteiger charge is 1.99. The zero-order valence-electron chi connectivity index (χ0n) is 10.0. The topological polar surface area (TPSA) is 29.5 Å². The minimum absolute atomic E-state index is 0.128. The molecule has 0 aliphatic heterocycles. The highest BCUT2D eigenvalue weighted by atomic mass is 16.5. The van der Waals surface area contributed by atoms with Crippen LogP contribution in [0, 0.1) is 5.92 Å². The van der Waals surface area contributed by atoms with Gasteiger partial charge in [-0.3, -0.25) is 0 Å². The van der Waals surface area contributed by atoms with Crippen molar-refractivity contribution in [2.24, 2.45) is 5.92 Å². The number of hydrogen-bond donors (Lipinski definition) is 1. The summed E-state index contributed by atoms with van der Waals surface area (Å²) >= 11 is 0. The molecule has 1 aromatic rings. The van der Waals surface area contributed by atoms with Gasteiger partial charge in [0.1, 0.15) is 0 Å². The van der Waals surface area contributed by atoms with Gasteiger partial charge in [0.2, 0.25) is 0 Å². The van der Waals surface area contributed by atoms with E-state index in [1.807, 2.05) is 31.2 Å². The highest BCUT2D eigenvalue weighted by Crippen LogP contribution is 2.06. The molecular weight excluding hydrogens is 200 g/mol. The molecule has 1 N–H and O–H groups in total. The van der Waals surface area contributed by atoms with E-state index in [0.717, 1.165) is 5.57 Å². The fourth-order valence-corrected chi connectivity index (χ4v) is 1.52. The summed E-state index contributed by atoms with van der Waals surface area (Å²) in [5.41, 5.74) is 2.19. The first-order chi connectivity index (χ1) is 7.72. The van der Waals surface area contributed by atoms with E-state index in [2.05, 4.69) is 19.1 Å². The van der Waals surface area contributed by atoms with Crippen LogP contribution in [-0.4, -0.2) is 18.3 Å². The molecule has 88 valence electrons. The molecule has 0 fully saturated rings. The van der Waals surface area contributed by atoms with E-state index in [1.54, 1.807) is 0 Å². The van der Waals surface area contributed by atoms with Crippen molar-refractivity contribution in [3.05, 3.63) is 47.5 Å². The molecule has 1 aromatic carbocycles. The Labute approximate surface area is 97.6 Å². The van der Waals surface area contributed by atoms with Gasteiger partial charge >= 0.3 is 0 Å². The molecule has 2 heteroatoms. The normalized spacial score (nSPS) is 13.8. The van der Waals surface area contributed by atoms with Crippen LogP contribution in [0.15, 0.2) is 42.0 Å². The minimum atomic E-state index is 0.128. The zero-order chi connectivity index (χ0) is 11.8. The standard InChI is InChI=1S/C14H20O2/c1-12(9-15)8-13(2)10-16-11-14-6-4-3-5-7-14/h3-8,13,15H,9-11H2,1-2H3/b12-8+/t13-/m1/s1. The first kappa shape index (κ1) is 12.9. The number of ether oxygens (including phenoxy) is 1. The Morgan fingerprint density at radius 2 is 2.06 bits per heavy atom. The largest absolute Gasteiger partial charge is 0.392 e. The fourth-order valence-electron chi connectivity index (χ4n) is 1.52. The van der Waals surface area contributed by atoms with E-state index in [9.17, 15) is 0 Å². The molecule has 0 amide bonds. The van der Waals surface area contributed by atoms with Crippen molar-refractivity contribution >= 4 is 0 Å². The summed E-state index contributed by atoms with van der Waals surface area (Å²) in [7, 11) is 0. The van der Waals surface area contributed by atoms with Gasteiger partial charge in [-0.25, -0.2) is 0 Å². The van der Waals surface area contributed by atoms with E-state index in [-0.39, 0.29) is 6.61 Å². The van der Waals surface area contributed by atoms with Crippen LogP contribution in [0.5, 0.6) is 0 Å². The van der Waals surface area contributed by atoms with Crippen molar-refractivity contribution in [1.82, 2.24) is 0 Å². The van der Waals surface area contributed by atoms with Crippen LogP contribution in [0.2, 0.25) is 0 Å². The molecule has 0 spiro atoms. The van der Waals surface area contributed by atoms with Crippen LogP contribution < -0.4 is 0 Å². The lowest BCUT2D eigenvalue weighted by Crippen LogP contribution is -2.04. The molecule has 0 radical (unpaired) electrons. The van der Waals surface area contributed by atoms with Gasteiger partial charge in [0.15, 0.2) is 0 Å². The summed E-state index contributed by atoms with van der Waals surface area (Å²) in [6.45, 7) is 5.48. The zero-order valence-corrected chi connectivity index (χ0v) is 10.0. The van der Waals surface area contributed by atoms with E-state index in [1.165, 1.54) is 5.56 Å². The van der Waals surface area contributed by atoms with Gasteiger partial charge in [-0.2, -0.15) is 0 Å². The predicted octanol–water partition coefficient (Wildman–Crippen LogP) is 2.78. The summed E-state index contributed by atoms with van der Waals surface area (Å²) in [4.78, 5) is 0. The SMILES string of the molecule is C/C(=C\[C@@H](C)COCc1ccccc1)CO. The van der Waals surface area contributed by atoms with Gasteiger partial charge in [-0.15, -0.1) is 0 Å². The first-order valence-corrected chi connectivity index (χ1v) is 5.62. The molecule has 0 saturated heterocycles. The lowest BCUT2D eigenvalue weighted by atomic mass is 10.1. The van der Waals surface area contributed by atoms with Gasteiger partial charge in [-0.05, 0) is 18.4 Å². The highest BCUT2D eigenvalue weighted by molar-refractivity contribution is 5.13. The monoisotopic (exact) mass is 220 g/mol. The maximum atomic E-state index is 8.88. The first-order valence-electron chi connectivity index (χ1n) is 5.62. The molecule has 1 atom stereocenters. The van der Waals surface area contributed by atoms with Gasteiger partial charge in [0, 0.05) is 0 Å². The number of aliphatic hydroxyl groups excluding tert-OH is 1. The molecule has 0 aliphatic carbocycles. The number of hydrogen-bond acceptors (Lipinski definition) is 2. The quantitative estimate of drug-likeness (QED) is 0.747. The number of benzene rings is 1. The summed E-state index contributed by atoms with van der Waals surface area (Å²) in [6, 6.07) is 10.1. The Hall–Kier alpha value is -1.12. The van der Waals surface area contributed by atoms with Gasteiger partial charge < -0.3 is 9.84 Å². The van der Waals surface area contributed by atoms with E-state index in [4.69, 9.17) is 9.84 Å².